The molecule has 0 fully saturated rings. The lowest BCUT2D eigenvalue weighted by Gasteiger charge is -2.27. The van der Waals surface area contributed by atoms with E-state index in [1.54, 1.807) is 0 Å². The smallest absolute Gasteiger partial charge is 0.0600 e. The van der Waals surface area contributed by atoms with Crippen LogP contribution in [0.5, 0.6) is 0 Å². The molecule has 0 aliphatic rings. The highest BCUT2D eigenvalue weighted by atomic mass is 16.3. The largest absolute Gasteiger partial charge is 0.393 e. The molecule has 1 atom stereocenters. The van der Waals surface area contributed by atoms with Gasteiger partial charge in [0.05, 0.1) is 6.10 Å². The van der Waals surface area contributed by atoms with E-state index in [-0.39, 0.29) is 11.5 Å². The van der Waals surface area contributed by atoms with Crippen LogP contribution in [0.25, 0.3) is 0 Å². The minimum Gasteiger partial charge on any atom is -0.393 e. The Balaban J connectivity index is 3.61. The fourth-order valence-electron chi connectivity index (χ4n) is 1.54. The molecule has 0 saturated carbocycles. The van der Waals surface area contributed by atoms with Crippen molar-refractivity contribution in [1.82, 2.24) is 9.80 Å². The summed E-state index contributed by atoms with van der Waals surface area (Å²) in [7, 11) is 6.33. The van der Waals surface area contributed by atoms with Crippen molar-refractivity contribution >= 4 is 0 Å². The minimum atomic E-state index is -0.205. The third-order valence-corrected chi connectivity index (χ3v) is 2.93. The van der Waals surface area contributed by atoms with Crippen LogP contribution < -0.4 is 0 Å². The first kappa shape index (κ1) is 15.9. The average Bonchev–Trinajstić information content (AvgIpc) is 2.11. The van der Waals surface area contributed by atoms with Crippen LogP contribution in [0.4, 0.5) is 0 Å². The molecular weight excluding hydrogens is 200 g/mol. The SMILES string of the molecule is CN(C)CCCN(C)CCC(O)C(C)(C)C. The van der Waals surface area contributed by atoms with Gasteiger partial charge in [0.25, 0.3) is 0 Å². The molecule has 0 saturated heterocycles. The van der Waals surface area contributed by atoms with E-state index >= 15 is 0 Å². The van der Waals surface area contributed by atoms with Gasteiger partial charge in [0.15, 0.2) is 0 Å². The van der Waals surface area contributed by atoms with Crippen molar-refractivity contribution in [3.63, 3.8) is 0 Å². The van der Waals surface area contributed by atoms with Gasteiger partial charge in [0.1, 0.15) is 0 Å². The molecule has 0 aromatic rings. The predicted octanol–water partition coefficient (Wildman–Crippen LogP) is 1.67. The van der Waals surface area contributed by atoms with Gasteiger partial charge >= 0.3 is 0 Å². The van der Waals surface area contributed by atoms with Crippen LogP contribution in [0, 0.1) is 5.41 Å². The summed E-state index contributed by atoms with van der Waals surface area (Å²) in [6.07, 6.45) is 1.85. The van der Waals surface area contributed by atoms with Gasteiger partial charge in [-0.3, -0.25) is 0 Å². The molecule has 0 bridgehead atoms. The molecule has 0 amide bonds. The molecule has 0 aliphatic heterocycles. The summed E-state index contributed by atoms with van der Waals surface area (Å²) in [5.41, 5.74) is 0.00444. The van der Waals surface area contributed by atoms with Crippen molar-refractivity contribution in [3.8, 4) is 0 Å². The van der Waals surface area contributed by atoms with Crippen molar-refractivity contribution in [2.75, 3.05) is 40.8 Å². The van der Waals surface area contributed by atoms with Crippen molar-refractivity contribution in [3.05, 3.63) is 0 Å². The first-order chi connectivity index (χ1) is 7.23. The molecule has 1 N–H and O–H groups in total. The summed E-state index contributed by atoms with van der Waals surface area (Å²) in [5, 5.41) is 9.91. The van der Waals surface area contributed by atoms with Gasteiger partial charge in [-0.2, -0.15) is 0 Å². The van der Waals surface area contributed by atoms with Crippen LogP contribution in [0.2, 0.25) is 0 Å². The van der Waals surface area contributed by atoms with E-state index in [1.807, 2.05) is 0 Å². The minimum absolute atomic E-state index is 0.00444. The molecule has 0 spiro atoms. The second kappa shape index (κ2) is 7.25. The molecule has 3 nitrogen and oxygen atoms in total. The van der Waals surface area contributed by atoms with E-state index in [0.29, 0.717) is 0 Å². The summed E-state index contributed by atoms with van der Waals surface area (Å²) in [6.45, 7) is 9.48. The maximum absolute atomic E-state index is 9.91. The number of nitrogens with zero attached hydrogens (tertiary/aromatic N) is 2. The van der Waals surface area contributed by atoms with Crippen molar-refractivity contribution < 1.29 is 5.11 Å². The molecule has 16 heavy (non-hydrogen) atoms. The van der Waals surface area contributed by atoms with Crippen LogP contribution in [-0.2, 0) is 0 Å². The zero-order chi connectivity index (χ0) is 12.8. The average molecular weight is 230 g/mol. The second-order valence-electron chi connectivity index (χ2n) is 6.13. The fourth-order valence-corrected chi connectivity index (χ4v) is 1.54. The molecule has 0 rings (SSSR count). The Morgan fingerprint density at radius 1 is 1.00 bits per heavy atom. The van der Waals surface area contributed by atoms with Gasteiger partial charge in [0.2, 0.25) is 0 Å². The van der Waals surface area contributed by atoms with Crippen molar-refractivity contribution in [2.24, 2.45) is 5.41 Å². The van der Waals surface area contributed by atoms with Crippen LogP contribution >= 0.6 is 0 Å². The van der Waals surface area contributed by atoms with Crippen molar-refractivity contribution in [2.45, 2.75) is 39.7 Å². The van der Waals surface area contributed by atoms with Gasteiger partial charge in [-0.25, -0.2) is 0 Å². The zero-order valence-corrected chi connectivity index (χ0v) is 12.0. The summed E-state index contributed by atoms with van der Waals surface area (Å²) in [5.74, 6) is 0. The van der Waals surface area contributed by atoms with Gasteiger partial charge in [-0.1, -0.05) is 20.8 Å². The Bertz CT molecular complexity index is 175. The van der Waals surface area contributed by atoms with E-state index in [2.05, 4.69) is 51.7 Å². The van der Waals surface area contributed by atoms with Gasteiger partial charge in [-0.05, 0) is 52.5 Å². The number of aliphatic hydroxyl groups excluding tert-OH is 1. The lowest BCUT2D eigenvalue weighted by molar-refractivity contribution is 0.0477. The third-order valence-electron chi connectivity index (χ3n) is 2.93. The summed E-state index contributed by atoms with van der Waals surface area (Å²) >= 11 is 0. The lowest BCUT2D eigenvalue weighted by atomic mass is 9.87. The molecule has 1 unspecified atom stereocenters. The van der Waals surface area contributed by atoms with Gasteiger partial charge in [0, 0.05) is 6.54 Å². The molecule has 0 aromatic carbocycles. The van der Waals surface area contributed by atoms with E-state index in [9.17, 15) is 5.11 Å². The van der Waals surface area contributed by atoms with E-state index in [4.69, 9.17) is 0 Å². The highest BCUT2D eigenvalue weighted by Gasteiger charge is 2.21. The number of hydrogen-bond donors (Lipinski definition) is 1. The van der Waals surface area contributed by atoms with Crippen LogP contribution in [0.1, 0.15) is 33.6 Å². The molecule has 0 radical (unpaired) electrons. The first-order valence-electron chi connectivity index (χ1n) is 6.25. The highest BCUT2D eigenvalue weighted by molar-refractivity contribution is 4.73. The van der Waals surface area contributed by atoms with E-state index < -0.39 is 0 Å². The van der Waals surface area contributed by atoms with Gasteiger partial charge in [-0.15, -0.1) is 0 Å². The Morgan fingerprint density at radius 3 is 2.00 bits per heavy atom. The molecule has 0 aliphatic carbocycles. The van der Waals surface area contributed by atoms with Crippen LogP contribution in [0.3, 0.4) is 0 Å². The van der Waals surface area contributed by atoms with E-state index in [1.165, 1.54) is 6.42 Å². The molecule has 3 heteroatoms. The third kappa shape index (κ3) is 8.08. The highest BCUT2D eigenvalue weighted by Crippen LogP contribution is 2.21. The Kier molecular flexibility index (Phi) is 7.20. The van der Waals surface area contributed by atoms with Crippen molar-refractivity contribution in [1.29, 1.82) is 0 Å². The number of hydrogen-bond acceptors (Lipinski definition) is 3. The molecule has 0 aromatic heterocycles. The normalized spacial score (nSPS) is 14.8. The summed E-state index contributed by atoms with van der Waals surface area (Å²) in [6, 6.07) is 0. The Labute approximate surface area is 101 Å². The first-order valence-corrected chi connectivity index (χ1v) is 6.25. The second-order valence-corrected chi connectivity index (χ2v) is 6.13. The quantitative estimate of drug-likeness (QED) is 0.721. The molecule has 98 valence electrons. The standard InChI is InChI=1S/C13H30N2O/c1-13(2,3)12(16)8-11-15(6)10-7-9-14(4)5/h12,16H,7-11H2,1-6H3. The zero-order valence-electron chi connectivity index (χ0n) is 12.0. The van der Waals surface area contributed by atoms with Gasteiger partial charge < -0.3 is 14.9 Å². The van der Waals surface area contributed by atoms with Crippen LogP contribution in [0.15, 0.2) is 0 Å². The summed E-state index contributed by atoms with van der Waals surface area (Å²) in [4.78, 5) is 4.51. The monoisotopic (exact) mass is 230 g/mol. The Hall–Kier alpha value is -0.120. The fraction of sp³-hybridized carbons (Fsp3) is 1.00. The number of rotatable bonds is 7. The lowest BCUT2D eigenvalue weighted by Crippen LogP contribution is -2.32. The molecular formula is C13H30N2O. The molecule has 0 heterocycles. The van der Waals surface area contributed by atoms with Crippen LogP contribution in [-0.4, -0.2) is 61.8 Å². The maximum atomic E-state index is 9.91. The summed E-state index contributed by atoms with van der Waals surface area (Å²) < 4.78 is 0. The Morgan fingerprint density at radius 2 is 1.56 bits per heavy atom. The van der Waals surface area contributed by atoms with E-state index in [0.717, 1.165) is 26.1 Å². The topological polar surface area (TPSA) is 26.7 Å². The predicted molar refractivity (Wildman–Crippen MR) is 70.7 cm³/mol. The maximum Gasteiger partial charge on any atom is 0.0600 e. The number of aliphatic hydroxyl groups is 1.